The van der Waals surface area contributed by atoms with Crippen LogP contribution >= 0.6 is 0 Å². The summed E-state index contributed by atoms with van der Waals surface area (Å²) in [4.78, 5) is 0. The van der Waals surface area contributed by atoms with Crippen LogP contribution in [0, 0.1) is 29.1 Å². The van der Waals surface area contributed by atoms with Gasteiger partial charge in [-0.25, -0.2) is 0 Å². The summed E-state index contributed by atoms with van der Waals surface area (Å²) in [5, 5.41) is 0. The molecule has 0 N–H and O–H groups in total. The van der Waals surface area contributed by atoms with Crippen LogP contribution in [0.5, 0.6) is 0 Å². The minimum atomic E-state index is 0.482. The molecule has 0 radical (unpaired) electrons. The molecule has 0 bridgehead atoms. The molecule has 0 heteroatoms. The van der Waals surface area contributed by atoms with Gasteiger partial charge in [0.15, 0.2) is 0 Å². The molecule has 17 heavy (non-hydrogen) atoms. The SMILES string of the molecule is CC(CCCC(C)C1CC1)CC(C)C(C)(C)C. The van der Waals surface area contributed by atoms with Crippen LogP contribution in [0.3, 0.4) is 0 Å². The smallest absolute Gasteiger partial charge is 0.0357 e. The topological polar surface area (TPSA) is 0 Å². The van der Waals surface area contributed by atoms with Gasteiger partial charge in [0, 0.05) is 0 Å². The molecule has 0 nitrogen and oxygen atoms in total. The molecule has 0 aromatic carbocycles. The summed E-state index contributed by atoms with van der Waals surface area (Å²) in [5.41, 5.74) is 0.482. The van der Waals surface area contributed by atoms with Crippen LogP contribution in [0.1, 0.15) is 80.1 Å². The van der Waals surface area contributed by atoms with Gasteiger partial charge in [-0.2, -0.15) is 0 Å². The third-order valence-electron chi connectivity index (χ3n) is 5.02. The van der Waals surface area contributed by atoms with E-state index in [-0.39, 0.29) is 0 Å². The first-order valence-electron chi connectivity index (χ1n) is 7.80. The molecule has 1 rings (SSSR count). The van der Waals surface area contributed by atoms with Crippen LogP contribution in [0.2, 0.25) is 0 Å². The fraction of sp³-hybridized carbons (Fsp3) is 1.00. The van der Waals surface area contributed by atoms with Crippen LogP contribution in [0.25, 0.3) is 0 Å². The highest BCUT2D eigenvalue weighted by molar-refractivity contribution is 4.79. The molecule has 102 valence electrons. The second kappa shape index (κ2) is 6.25. The van der Waals surface area contributed by atoms with E-state index in [1.807, 2.05) is 0 Å². The van der Waals surface area contributed by atoms with Gasteiger partial charge in [-0.05, 0) is 48.3 Å². The van der Waals surface area contributed by atoms with Gasteiger partial charge in [0.25, 0.3) is 0 Å². The Hall–Kier alpha value is 0. The lowest BCUT2D eigenvalue weighted by Gasteiger charge is -2.29. The molecule has 0 aliphatic heterocycles. The Balaban J connectivity index is 2.09. The first-order chi connectivity index (χ1) is 7.80. The minimum absolute atomic E-state index is 0.482. The molecule has 1 aliphatic rings. The van der Waals surface area contributed by atoms with Crippen molar-refractivity contribution in [2.45, 2.75) is 80.1 Å². The summed E-state index contributed by atoms with van der Waals surface area (Å²) < 4.78 is 0. The zero-order valence-corrected chi connectivity index (χ0v) is 13.1. The van der Waals surface area contributed by atoms with Crippen molar-refractivity contribution in [3.63, 3.8) is 0 Å². The number of hydrogen-bond acceptors (Lipinski definition) is 0. The molecule has 1 fully saturated rings. The maximum atomic E-state index is 2.46. The molecule has 0 amide bonds. The minimum Gasteiger partial charge on any atom is -0.0625 e. The van der Waals surface area contributed by atoms with Crippen molar-refractivity contribution in [1.82, 2.24) is 0 Å². The standard InChI is InChI=1S/C17H34/c1-13(12-15(3)17(4,5)6)8-7-9-14(2)16-10-11-16/h13-16H,7-12H2,1-6H3. The molecule has 0 saturated heterocycles. The van der Waals surface area contributed by atoms with Crippen LogP contribution in [-0.2, 0) is 0 Å². The second-order valence-corrected chi connectivity index (χ2v) is 7.85. The molecule has 1 saturated carbocycles. The normalized spacial score (nSPS) is 22.2. The zero-order chi connectivity index (χ0) is 13.1. The van der Waals surface area contributed by atoms with Crippen LogP contribution in [0.15, 0.2) is 0 Å². The molecular weight excluding hydrogens is 204 g/mol. The average Bonchev–Trinajstić information content (AvgIpc) is 2.98. The molecule has 3 atom stereocenters. The Kier molecular flexibility index (Phi) is 5.54. The fourth-order valence-electron chi connectivity index (χ4n) is 2.76. The van der Waals surface area contributed by atoms with Crippen LogP contribution in [0.4, 0.5) is 0 Å². The van der Waals surface area contributed by atoms with Crippen molar-refractivity contribution < 1.29 is 0 Å². The number of hydrogen-bond donors (Lipinski definition) is 0. The van der Waals surface area contributed by atoms with E-state index in [0.29, 0.717) is 5.41 Å². The average molecular weight is 238 g/mol. The third-order valence-corrected chi connectivity index (χ3v) is 5.02. The lowest BCUT2D eigenvalue weighted by atomic mass is 9.76. The summed E-state index contributed by atoms with van der Waals surface area (Å²) in [6.45, 7) is 14.5. The summed E-state index contributed by atoms with van der Waals surface area (Å²) in [7, 11) is 0. The van der Waals surface area contributed by atoms with Gasteiger partial charge in [-0.1, -0.05) is 60.8 Å². The van der Waals surface area contributed by atoms with Crippen molar-refractivity contribution in [2.24, 2.45) is 29.1 Å². The Morgan fingerprint density at radius 3 is 2.06 bits per heavy atom. The first-order valence-corrected chi connectivity index (χ1v) is 7.80. The van der Waals surface area contributed by atoms with Crippen LogP contribution < -0.4 is 0 Å². The largest absolute Gasteiger partial charge is 0.0625 e. The van der Waals surface area contributed by atoms with E-state index in [2.05, 4.69) is 41.5 Å². The van der Waals surface area contributed by atoms with Crippen molar-refractivity contribution in [2.75, 3.05) is 0 Å². The Morgan fingerprint density at radius 2 is 1.59 bits per heavy atom. The quantitative estimate of drug-likeness (QED) is 0.517. The summed E-state index contributed by atoms with van der Waals surface area (Å²) in [6, 6.07) is 0. The van der Waals surface area contributed by atoms with Gasteiger partial charge in [-0.3, -0.25) is 0 Å². The Morgan fingerprint density at radius 1 is 1.00 bits per heavy atom. The predicted octanol–water partition coefficient (Wildman–Crippen LogP) is 5.91. The maximum absolute atomic E-state index is 2.46. The molecular formula is C17H34. The zero-order valence-electron chi connectivity index (χ0n) is 13.1. The van der Waals surface area contributed by atoms with Gasteiger partial charge in [-0.15, -0.1) is 0 Å². The van der Waals surface area contributed by atoms with Crippen LogP contribution in [-0.4, -0.2) is 0 Å². The van der Waals surface area contributed by atoms with E-state index in [9.17, 15) is 0 Å². The molecule has 0 heterocycles. The van der Waals surface area contributed by atoms with E-state index < -0.39 is 0 Å². The van der Waals surface area contributed by atoms with Crippen molar-refractivity contribution in [3.05, 3.63) is 0 Å². The van der Waals surface area contributed by atoms with E-state index in [1.54, 1.807) is 0 Å². The first kappa shape index (κ1) is 15.1. The fourth-order valence-corrected chi connectivity index (χ4v) is 2.76. The molecule has 0 aromatic rings. The van der Waals surface area contributed by atoms with Gasteiger partial charge in [0.05, 0.1) is 0 Å². The Bertz CT molecular complexity index is 207. The summed E-state index contributed by atoms with van der Waals surface area (Å²) in [6.07, 6.45) is 8.79. The van der Waals surface area contributed by atoms with Gasteiger partial charge in [0.1, 0.15) is 0 Å². The molecule has 1 aliphatic carbocycles. The van der Waals surface area contributed by atoms with Gasteiger partial charge in [0.2, 0.25) is 0 Å². The third kappa shape index (κ3) is 5.93. The van der Waals surface area contributed by atoms with Gasteiger partial charge >= 0.3 is 0 Å². The monoisotopic (exact) mass is 238 g/mol. The highest BCUT2D eigenvalue weighted by Gasteiger charge is 2.27. The van der Waals surface area contributed by atoms with Crippen molar-refractivity contribution >= 4 is 0 Å². The maximum Gasteiger partial charge on any atom is -0.0357 e. The summed E-state index contributed by atoms with van der Waals surface area (Å²) >= 11 is 0. The highest BCUT2D eigenvalue weighted by atomic mass is 14.3. The van der Waals surface area contributed by atoms with Crippen molar-refractivity contribution in [3.8, 4) is 0 Å². The molecule has 0 aromatic heterocycles. The Labute approximate surface area is 110 Å². The van der Waals surface area contributed by atoms with E-state index in [0.717, 1.165) is 23.7 Å². The predicted molar refractivity (Wildman–Crippen MR) is 78.1 cm³/mol. The summed E-state index contributed by atoms with van der Waals surface area (Å²) in [5.74, 6) is 3.86. The van der Waals surface area contributed by atoms with Crippen molar-refractivity contribution in [1.29, 1.82) is 0 Å². The second-order valence-electron chi connectivity index (χ2n) is 7.85. The number of rotatable bonds is 7. The van der Waals surface area contributed by atoms with E-state index >= 15 is 0 Å². The molecule has 0 spiro atoms. The van der Waals surface area contributed by atoms with E-state index in [4.69, 9.17) is 0 Å². The lowest BCUT2D eigenvalue weighted by Crippen LogP contribution is -2.19. The molecule has 3 unspecified atom stereocenters. The van der Waals surface area contributed by atoms with Gasteiger partial charge < -0.3 is 0 Å². The highest BCUT2D eigenvalue weighted by Crippen LogP contribution is 2.39. The lowest BCUT2D eigenvalue weighted by molar-refractivity contribution is 0.212. The van der Waals surface area contributed by atoms with E-state index in [1.165, 1.54) is 38.5 Å².